The van der Waals surface area contributed by atoms with Crippen molar-refractivity contribution in [2.45, 2.75) is 39.2 Å². The van der Waals surface area contributed by atoms with Crippen LogP contribution in [-0.4, -0.2) is 15.4 Å². The lowest BCUT2D eigenvalue weighted by Gasteiger charge is -2.10. The van der Waals surface area contributed by atoms with E-state index in [0.717, 1.165) is 29.9 Å². The van der Waals surface area contributed by atoms with E-state index in [-0.39, 0.29) is 6.04 Å². The van der Waals surface area contributed by atoms with E-state index < -0.39 is 0 Å². The Kier molecular flexibility index (Phi) is 3.52. The van der Waals surface area contributed by atoms with Gasteiger partial charge < -0.3 is 5.73 Å². The summed E-state index contributed by atoms with van der Waals surface area (Å²) in [4.78, 5) is 5.30. The fourth-order valence-corrected chi connectivity index (χ4v) is 3.11. The van der Waals surface area contributed by atoms with Crippen LogP contribution in [-0.2, 0) is 6.42 Å². The van der Waals surface area contributed by atoms with Gasteiger partial charge in [-0.1, -0.05) is 24.9 Å². The Morgan fingerprint density at radius 3 is 3.06 bits per heavy atom. The van der Waals surface area contributed by atoms with Crippen LogP contribution in [0.15, 0.2) is 5.38 Å². The van der Waals surface area contributed by atoms with Crippen LogP contribution >= 0.6 is 22.9 Å². The first kappa shape index (κ1) is 11.9. The van der Waals surface area contributed by atoms with E-state index in [2.05, 4.69) is 28.6 Å². The Balaban J connectivity index is 2.34. The lowest BCUT2D eigenvalue weighted by molar-refractivity contribution is 0.591. The molecule has 0 bridgehead atoms. The number of nitrogens with zero attached hydrogens (tertiary/aromatic N) is 2. The third kappa shape index (κ3) is 2.10. The Morgan fingerprint density at radius 1 is 1.62 bits per heavy atom. The predicted octanol–water partition coefficient (Wildman–Crippen LogP) is 3.03. The van der Waals surface area contributed by atoms with Gasteiger partial charge in [0.2, 0.25) is 0 Å². The van der Waals surface area contributed by atoms with Gasteiger partial charge in [-0.05, 0) is 13.3 Å². The molecule has 88 valence electrons. The number of nitrogens with two attached hydrogens (primary N) is 1. The van der Waals surface area contributed by atoms with E-state index in [0.29, 0.717) is 5.15 Å². The number of aromatic nitrogens is 2. The lowest BCUT2D eigenvalue weighted by atomic mass is 10.1. The second-order valence-corrected chi connectivity index (χ2v) is 5.29. The van der Waals surface area contributed by atoms with E-state index in [1.807, 2.05) is 0 Å². The van der Waals surface area contributed by atoms with Gasteiger partial charge in [-0.15, -0.1) is 11.3 Å². The highest BCUT2D eigenvalue weighted by atomic mass is 35.5. The quantitative estimate of drug-likeness (QED) is 0.915. The molecule has 2 heterocycles. The number of hydrogen-bond donors (Lipinski definition) is 1. The minimum absolute atomic E-state index is 0.168. The van der Waals surface area contributed by atoms with Crippen LogP contribution in [0.2, 0.25) is 5.15 Å². The average Bonchev–Trinajstić information content (AvgIpc) is 2.70. The van der Waals surface area contributed by atoms with Gasteiger partial charge in [0.05, 0.1) is 5.69 Å². The van der Waals surface area contributed by atoms with Crippen LogP contribution in [0.25, 0.3) is 4.96 Å². The van der Waals surface area contributed by atoms with Crippen molar-refractivity contribution in [3.8, 4) is 0 Å². The highest BCUT2D eigenvalue weighted by Crippen LogP contribution is 2.25. The van der Waals surface area contributed by atoms with E-state index >= 15 is 0 Å². The summed E-state index contributed by atoms with van der Waals surface area (Å²) in [5.74, 6) is 0. The molecule has 0 aromatic carbocycles. The van der Waals surface area contributed by atoms with Gasteiger partial charge in [0.25, 0.3) is 0 Å². The molecule has 0 aliphatic carbocycles. The molecule has 0 spiro atoms. The number of halogens is 1. The summed E-state index contributed by atoms with van der Waals surface area (Å²) < 4.78 is 2.11. The topological polar surface area (TPSA) is 43.3 Å². The minimum atomic E-state index is 0.168. The summed E-state index contributed by atoms with van der Waals surface area (Å²) in [7, 11) is 0. The van der Waals surface area contributed by atoms with Crippen molar-refractivity contribution in [3.05, 3.63) is 21.9 Å². The Hall–Kier alpha value is -0.580. The zero-order chi connectivity index (χ0) is 11.7. The van der Waals surface area contributed by atoms with Crippen LogP contribution in [0, 0.1) is 6.92 Å². The molecule has 0 saturated heterocycles. The molecule has 0 saturated carbocycles. The van der Waals surface area contributed by atoms with E-state index in [4.69, 9.17) is 17.3 Å². The van der Waals surface area contributed by atoms with Gasteiger partial charge in [0.1, 0.15) is 0 Å². The standard InChI is InChI=1S/C11H16ClN3S/c1-3-4-8(13)5-9-10(12)14-11-15(9)7(2)6-16-11/h6,8H,3-5,13H2,1-2H3. The third-order valence-corrected chi connectivity index (χ3v) is 3.94. The highest BCUT2D eigenvalue weighted by Gasteiger charge is 2.15. The molecule has 0 amide bonds. The smallest absolute Gasteiger partial charge is 0.195 e. The summed E-state index contributed by atoms with van der Waals surface area (Å²) in [5, 5.41) is 2.69. The molecule has 0 fully saturated rings. The highest BCUT2D eigenvalue weighted by molar-refractivity contribution is 7.15. The zero-order valence-electron chi connectivity index (χ0n) is 9.53. The minimum Gasteiger partial charge on any atom is -0.327 e. The first-order valence-electron chi connectivity index (χ1n) is 5.50. The largest absolute Gasteiger partial charge is 0.327 e. The van der Waals surface area contributed by atoms with Gasteiger partial charge in [0.15, 0.2) is 10.1 Å². The summed E-state index contributed by atoms with van der Waals surface area (Å²) in [6.45, 7) is 4.21. The SMILES string of the molecule is CCCC(N)Cc1c(Cl)nc2scc(C)n12. The molecule has 3 nitrogen and oxygen atoms in total. The van der Waals surface area contributed by atoms with E-state index in [1.165, 1.54) is 5.69 Å². The molecule has 1 unspecified atom stereocenters. The molecule has 2 aromatic rings. The van der Waals surface area contributed by atoms with Gasteiger partial charge in [0, 0.05) is 23.5 Å². The molecular weight excluding hydrogens is 242 g/mol. The maximum absolute atomic E-state index is 6.14. The number of hydrogen-bond acceptors (Lipinski definition) is 3. The van der Waals surface area contributed by atoms with E-state index in [9.17, 15) is 0 Å². The molecular formula is C11H16ClN3S. The van der Waals surface area contributed by atoms with Crippen molar-refractivity contribution in [2.24, 2.45) is 5.73 Å². The van der Waals surface area contributed by atoms with Gasteiger partial charge in [-0.25, -0.2) is 4.98 Å². The molecule has 0 aliphatic heterocycles. The number of thiazole rings is 1. The summed E-state index contributed by atoms with van der Waals surface area (Å²) in [6, 6.07) is 0.168. The second-order valence-electron chi connectivity index (χ2n) is 4.10. The van der Waals surface area contributed by atoms with Crippen molar-refractivity contribution >= 4 is 27.9 Å². The van der Waals surface area contributed by atoms with Crippen molar-refractivity contribution in [1.29, 1.82) is 0 Å². The number of imidazole rings is 1. The summed E-state index contributed by atoms with van der Waals surface area (Å²) in [5.41, 5.74) is 8.29. The summed E-state index contributed by atoms with van der Waals surface area (Å²) in [6.07, 6.45) is 2.92. The average molecular weight is 258 g/mol. The maximum Gasteiger partial charge on any atom is 0.195 e. The van der Waals surface area contributed by atoms with Crippen molar-refractivity contribution < 1.29 is 0 Å². The number of fused-ring (bicyclic) bond motifs is 1. The van der Waals surface area contributed by atoms with Crippen molar-refractivity contribution in [3.63, 3.8) is 0 Å². The fraction of sp³-hybridized carbons (Fsp3) is 0.545. The van der Waals surface area contributed by atoms with Crippen LogP contribution in [0.5, 0.6) is 0 Å². The van der Waals surface area contributed by atoms with Crippen LogP contribution in [0.3, 0.4) is 0 Å². The molecule has 2 N–H and O–H groups in total. The molecule has 5 heteroatoms. The molecule has 2 aromatic heterocycles. The number of aryl methyl sites for hydroxylation is 1. The Morgan fingerprint density at radius 2 is 2.38 bits per heavy atom. The molecule has 1 atom stereocenters. The molecule has 16 heavy (non-hydrogen) atoms. The number of rotatable bonds is 4. The molecule has 0 aliphatic rings. The Labute approximate surface area is 104 Å². The third-order valence-electron chi connectivity index (χ3n) is 2.70. The van der Waals surface area contributed by atoms with E-state index in [1.54, 1.807) is 11.3 Å². The zero-order valence-corrected chi connectivity index (χ0v) is 11.1. The predicted molar refractivity (Wildman–Crippen MR) is 69.4 cm³/mol. The lowest BCUT2D eigenvalue weighted by Crippen LogP contribution is -2.23. The van der Waals surface area contributed by atoms with Crippen molar-refractivity contribution in [1.82, 2.24) is 9.38 Å². The Bertz CT molecular complexity index is 489. The van der Waals surface area contributed by atoms with Crippen molar-refractivity contribution in [2.75, 3.05) is 0 Å². The fourth-order valence-electron chi connectivity index (χ4n) is 1.94. The van der Waals surface area contributed by atoms with Gasteiger partial charge >= 0.3 is 0 Å². The second kappa shape index (κ2) is 4.73. The van der Waals surface area contributed by atoms with Crippen LogP contribution in [0.1, 0.15) is 31.2 Å². The first-order valence-corrected chi connectivity index (χ1v) is 6.75. The normalized spacial score (nSPS) is 13.5. The summed E-state index contributed by atoms with van der Waals surface area (Å²) >= 11 is 7.76. The van der Waals surface area contributed by atoms with Crippen LogP contribution < -0.4 is 5.73 Å². The van der Waals surface area contributed by atoms with Crippen LogP contribution in [0.4, 0.5) is 0 Å². The monoisotopic (exact) mass is 257 g/mol. The van der Waals surface area contributed by atoms with Gasteiger partial charge in [-0.2, -0.15) is 0 Å². The van der Waals surface area contributed by atoms with Gasteiger partial charge in [-0.3, -0.25) is 4.40 Å². The maximum atomic E-state index is 6.14. The first-order chi connectivity index (χ1) is 7.63. The molecule has 0 radical (unpaired) electrons. The molecule has 2 rings (SSSR count).